The van der Waals surface area contributed by atoms with Gasteiger partial charge in [-0.1, -0.05) is 6.58 Å². The maximum atomic E-state index is 10.9. The van der Waals surface area contributed by atoms with Crippen molar-refractivity contribution in [2.75, 3.05) is 13.7 Å². The van der Waals surface area contributed by atoms with Crippen LogP contribution < -0.4 is 0 Å². The second kappa shape index (κ2) is 4.26. The van der Waals surface area contributed by atoms with Crippen molar-refractivity contribution in [2.24, 2.45) is 0 Å². The van der Waals surface area contributed by atoms with Gasteiger partial charge in [0.05, 0.1) is 19.8 Å². The monoisotopic (exact) mass is 170 g/mol. The van der Waals surface area contributed by atoms with E-state index in [2.05, 4.69) is 11.3 Å². The molecule has 68 valence electrons. The molecule has 0 bridgehead atoms. The Morgan fingerprint density at radius 3 is 2.92 bits per heavy atom. The van der Waals surface area contributed by atoms with E-state index in [1.165, 1.54) is 7.11 Å². The van der Waals surface area contributed by atoms with Crippen LogP contribution in [0.2, 0.25) is 0 Å². The van der Waals surface area contributed by atoms with E-state index in [9.17, 15) is 4.79 Å². The minimum atomic E-state index is -0.299. The van der Waals surface area contributed by atoms with Crippen LogP contribution in [0, 0.1) is 0 Å². The van der Waals surface area contributed by atoms with Crippen LogP contribution in [0.25, 0.3) is 0 Å². The highest BCUT2D eigenvalue weighted by Crippen LogP contribution is 2.18. The lowest BCUT2D eigenvalue weighted by Crippen LogP contribution is -2.03. The third kappa shape index (κ3) is 3.05. The van der Waals surface area contributed by atoms with E-state index in [0.29, 0.717) is 18.1 Å². The Morgan fingerprint density at radius 2 is 2.42 bits per heavy atom. The number of rotatable bonds is 5. The molecule has 0 N–H and O–H groups in total. The molecule has 0 aliphatic carbocycles. The zero-order valence-electron chi connectivity index (χ0n) is 7.34. The molecule has 0 saturated carbocycles. The average molecular weight is 170 g/mol. The minimum Gasteiger partial charge on any atom is -0.466 e. The van der Waals surface area contributed by atoms with Gasteiger partial charge in [-0.05, 0) is 19.3 Å². The molecular formula is C9H14O3. The van der Waals surface area contributed by atoms with Gasteiger partial charge in [0.2, 0.25) is 0 Å². The van der Waals surface area contributed by atoms with Crippen molar-refractivity contribution in [3.05, 3.63) is 12.2 Å². The Kier molecular flexibility index (Phi) is 3.29. The molecule has 3 heteroatoms. The number of carbonyl (C=O) groups excluding carboxylic acids is 1. The molecule has 12 heavy (non-hydrogen) atoms. The molecule has 1 heterocycles. The number of carbonyl (C=O) groups is 1. The molecular weight excluding hydrogens is 156 g/mol. The van der Waals surface area contributed by atoms with Crippen LogP contribution >= 0.6 is 0 Å². The third-order valence-corrected chi connectivity index (χ3v) is 1.88. The van der Waals surface area contributed by atoms with E-state index < -0.39 is 0 Å². The van der Waals surface area contributed by atoms with Crippen molar-refractivity contribution >= 4 is 5.97 Å². The maximum absolute atomic E-state index is 10.9. The van der Waals surface area contributed by atoms with Gasteiger partial charge in [0.1, 0.15) is 0 Å². The SMILES string of the molecule is C=C(CCCC1CO1)C(=O)OC. The molecule has 0 aromatic rings. The smallest absolute Gasteiger partial charge is 0.333 e. The van der Waals surface area contributed by atoms with Crippen LogP contribution in [0.15, 0.2) is 12.2 Å². The van der Waals surface area contributed by atoms with Crippen molar-refractivity contribution in [1.29, 1.82) is 0 Å². The number of methoxy groups -OCH3 is 1. The summed E-state index contributed by atoms with van der Waals surface area (Å²) in [4.78, 5) is 10.9. The standard InChI is InChI=1S/C9H14O3/c1-7(9(10)11-2)4-3-5-8-6-12-8/h8H,1,3-6H2,2H3. The summed E-state index contributed by atoms with van der Waals surface area (Å²) in [6.45, 7) is 4.51. The first kappa shape index (κ1) is 9.26. The topological polar surface area (TPSA) is 38.8 Å². The molecule has 1 atom stereocenters. The van der Waals surface area contributed by atoms with Crippen LogP contribution in [0.3, 0.4) is 0 Å². The zero-order chi connectivity index (χ0) is 8.97. The van der Waals surface area contributed by atoms with E-state index in [-0.39, 0.29) is 5.97 Å². The van der Waals surface area contributed by atoms with Gasteiger partial charge in [-0.15, -0.1) is 0 Å². The Balaban J connectivity index is 2.04. The van der Waals surface area contributed by atoms with Gasteiger partial charge in [0.15, 0.2) is 0 Å². The predicted molar refractivity (Wildman–Crippen MR) is 44.7 cm³/mol. The average Bonchev–Trinajstić information content (AvgIpc) is 2.86. The van der Waals surface area contributed by atoms with Gasteiger partial charge in [-0.3, -0.25) is 0 Å². The predicted octanol–water partition coefficient (Wildman–Crippen LogP) is 1.28. The van der Waals surface area contributed by atoms with Crippen LogP contribution in [-0.2, 0) is 14.3 Å². The number of ether oxygens (including phenoxy) is 2. The lowest BCUT2D eigenvalue weighted by atomic mass is 10.1. The number of epoxide rings is 1. The summed E-state index contributed by atoms with van der Waals surface area (Å²) in [5.41, 5.74) is 0.554. The summed E-state index contributed by atoms with van der Waals surface area (Å²) in [5.74, 6) is -0.299. The fraction of sp³-hybridized carbons (Fsp3) is 0.667. The molecule has 1 saturated heterocycles. The first-order valence-electron chi connectivity index (χ1n) is 4.11. The quantitative estimate of drug-likeness (QED) is 0.354. The normalized spacial score (nSPS) is 20.2. The van der Waals surface area contributed by atoms with Gasteiger partial charge >= 0.3 is 5.97 Å². The molecule has 1 rings (SSSR count). The third-order valence-electron chi connectivity index (χ3n) is 1.88. The molecule has 0 aromatic heterocycles. The molecule has 1 aliphatic heterocycles. The lowest BCUT2D eigenvalue weighted by Gasteiger charge is -2.01. The van der Waals surface area contributed by atoms with Crippen LogP contribution in [0.5, 0.6) is 0 Å². The fourth-order valence-corrected chi connectivity index (χ4v) is 1.02. The van der Waals surface area contributed by atoms with Crippen molar-refractivity contribution in [1.82, 2.24) is 0 Å². The highest BCUT2D eigenvalue weighted by Gasteiger charge is 2.21. The summed E-state index contributed by atoms with van der Waals surface area (Å²) in [7, 11) is 1.37. The van der Waals surface area contributed by atoms with E-state index in [0.717, 1.165) is 19.4 Å². The Labute approximate surface area is 72.4 Å². The summed E-state index contributed by atoms with van der Waals surface area (Å²) in [5, 5.41) is 0. The fourth-order valence-electron chi connectivity index (χ4n) is 1.02. The highest BCUT2D eigenvalue weighted by atomic mass is 16.6. The summed E-state index contributed by atoms with van der Waals surface area (Å²) in [6, 6.07) is 0. The molecule has 0 amide bonds. The zero-order valence-corrected chi connectivity index (χ0v) is 7.34. The second-order valence-electron chi connectivity index (χ2n) is 2.94. The molecule has 3 nitrogen and oxygen atoms in total. The summed E-state index contributed by atoms with van der Waals surface area (Å²) >= 11 is 0. The largest absolute Gasteiger partial charge is 0.466 e. The molecule has 0 spiro atoms. The van der Waals surface area contributed by atoms with Gasteiger partial charge in [0.25, 0.3) is 0 Å². The van der Waals surface area contributed by atoms with Gasteiger partial charge in [-0.25, -0.2) is 4.79 Å². The first-order chi connectivity index (χ1) is 5.74. The maximum Gasteiger partial charge on any atom is 0.333 e. The lowest BCUT2D eigenvalue weighted by molar-refractivity contribution is -0.136. The Bertz CT molecular complexity index is 182. The van der Waals surface area contributed by atoms with Crippen molar-refractivity contribution < 1.29 is 14.3 Å². The van der Waals surface area contributed by atoms with Crippen LogP contribution in [0.1, 0.15) is 19.3 Å². The molecule has 0 aromatic carbocycles. The number of esters is 1. The molecule has 1 aliphatic rings. The number of hydrogen-bond acceptors (Lipinski definition) is 3. The van der Waals surface area contributed by atoms with E-state index in [1.807, 2.05) is 0 Å². The molecule has 0 radical (unpaired) electrons. The first-order valence-corrected chi connectivity index (χ1v) is 4.11. The van der Waals surface area contributed by atoms with E-state index >= 15 is 0 Å². The molecule has 1 unspecified atom stereocenters. The molecule has 1 fully saturated rings. The van der Waals surface area contributed by atoms with Crippen molar-refractivity contribution in [2.45, 2.75) is 25.4 Å². The van der Waals surface area contributed by atoms with Gasteiger partial charge < -0.3 is 9.47 Å². The minimum absolute atomic E-state index is 0.299. The van der Waals surface area contributed by atoms with E-state index in [1.54, 1.807) is 0 Å². The van der Waals surface area contributed by atoms with Crippen molar-refractivity contribution in [3.63, 3.8) is 0 Å². The van der Waals surface area contributed by atoms with Crippen molar-refractivity contribution in [3.8, 4) is 0 Å². The van der Waals surface area contributed by atoms with E-state index in [4.69, 9.17) is 4.74 Å². The Morgan fingerprint density at radius 1 is 1.75 bits per heavy atom. The number of hydrogen-bond donors (Lipinski definition) is 0. The summed E-state index contributed by atoms with van der Waals surface area (Å²) < 4.78 is 9.55. The van der Waals surface area contributed by atoms with Crippen LogP contribution in [0.4, 0.5) is 0 Å². The highest BCUT2D eigenvalue weighted by molar-refractivity contribution is 5.87. The van der Waals surface area contributed by atoms with Crippen LogP contribution in [-0.4, -0.2) is 25.8 Å². The van der Waals surface area contributed by atoms with Gasteiger partial charge in [0, 0.05) is 5.57 Å². The summed E-state index contributed by atoms with van der Waals surface area (Å²) in [6.07, 6.45) is 3.14. The second-order valence-corrected chi connectivity index (χ2v) is 2.94. The Hall–Kier alpha value is -0.830. The van der Waals surface area contributed by atoms with Gasteiger partial charge in [-0.2, -0.15) is 0 Å².